The lowest BCUT2D eigenvalue weighted by Crippen LogP contribution is -2.47. The summed E-state index contributed by atoms with van der Waals surface area (Å²) >= 11 is 0. The maximum Gasteiger partial charge on any atom is 0.406 e. The van der Waals surface area contributed by atoms with Gasteiger partial charge in [0.05, 0.1) is 0 Å². The van der Waals surface area contributed by atoms with E-state index in [-0.39, 0.29) is 13.0 Å². The molecule has 5 nitrogen and oxygen atoms in total. The van der Waals surface area contributed by atoms with Gasteiger partial charge in [-0.1, -0.05) is 18.2 Å². The first-order valence-electron chi connectivity index (χ1n) is 8.26. The van der Waals surface area contributed by atoms with Crippen LogP contribution in [0.2, 0.25) is 0 Å². The Kier molecular flexibility index (Phi) is 4.46. The lowest BCUT2D eigenvalue weighted by atomic mass is 9.86. The maximum absolute atomic E-state index is 13.2. The molecule has 1 aliphatic heterocycles. The van der Waals surface area contributed by atoms with Gasteiger partial charge in [0.15, 0.2) is 5.41 Å². The van der Waals surface area contributed by atoms with Gasteiger partial charge in [0.2, 0.25) is 5.91 Å². The Morgan fingerprint density at radius 2 is 1.96 bits per heavy atom. The second kappa shape index (κ2) is 6.34. The standard InChI is InChI=1S/C18H19F3N2O3/c1-22-10-12(13-4-2-3-5-14(13)22)6-7-15(24)23-9-8-17(11-23,16(25)26)18(19,20)21/h2-5,10H,6-9,11H2,1H3,(H,25,26). The van der Waals surface area contributed by atoms with Crippen LogP contribution in [0.1, 0.15) is 18.4 Å². The number of carbonyl (C=O) groups excluding carboxylic acids is 1. The van der Waals surface area contributed by atoms with Crippen LogP contribution in [0.3, 0.4) is 0 Å². The first-order valence-corrected chi connectivity index (χ1v) is 8.26. The van der Waals surface area contributed by atoms with Gasteiger partial charge in [-0.2, -0.15) is 13.2 Å². The number of para-hydroxylation sites is 1. The van der Waals surface area contributed by atoms with Crippen LogP contribution in [-0.4, -0.2) is 45.7 Å². The van der Waals surface area contributed by atoms with Crippen molar-refractivity contribution < 1.29 is 27.9 Å². The number of amides is 1. The van der Waals surface area contributed by atoms with Crippen LogP contribution >= 0.6 is 0 Å². The molecule has 0 spiro atoms. The van der Waals surface area contributed by atoms with Gasteiger partial charge in [-0.3, -0.25) is 9.59 Å². The number of nitrogens with zero attached hydrogens (tertiary/aromatic N) is 2. The van der Waals surface area contributed by atoms with Gasteiger partial charge in [-0.15, -0.1) is 0 Å². The van der Waals surface area contributed by atoms with Crippen LogP contribution < -0.4 is 0 Å². The van der Waals surface area contributed by atoms with Crippen molar-refractivity contribution in [1.82, 2.24) is 9.47 Å². The molecule has 1 atom stereocenters. The fourth-order valence-corrected chi connectivity index (χ4v) is 3.57. The summed E-state index contributed by atoms with van der Waals surface area (Å²) in [5, 5.41) is 10.1. The third kappa shape index (κ3) is 2.93. The van der Waals surface area contributed by atoms with E-state index >= 15 is 0 Å². The number of halogens is 3. The van der Waals surface area contributed by atoms with Crippen LogP contribution in [0.25, 0.3) is 10.9 Å². The predicted molar refractivity (Wildman–Crippen MR) is 88.6 cm³/mol. The Labute approximate surface area is 148 Å². The van der Waals surface area contributed by atoms with Gasteiger partial charge >= 0.3 is 12.1 Å². The van der Waals surface area contributed by atoms with Crippen LogP contribution in [0.5, 0.6) is 0 Å². The first kappa shape index (κ1) is 18.3. The zero-order valence-electron chi connectivity index (χ0n) is 14.2. The number of aromatic nitrogens is 1. The van der Waals surface area contributed by atoms with Crippen molar-refractivity contribution in [3.8, 4) is 0 Å². The highest BCUT2D eigenvalue weighted by Crippen LogP contribution is 2.45. The number of fused-ring (bicyclic) bond motifs is 1. The molecule has 1 amide bonds. The van der Waals surface area contributed by atoms with E-state index in [1.54, 1.807) is 0 Å². The fourth-order valence-electron chi connectivity index (χ4n) is 3.57. The number of hydrogen-bond donors (Lipinski definition) is 1. The summed E-state index contributed by atoms with van der Waals surface area (Å²) in [5.41, 5.74) is -0.906. The Morgan fingerprint density at radius 1 is 1.27 bits per heavy atom. The highest BCUT2D eigenvalue weighted by atomic mass is 19.4. The molecular formula is C18H19F3N2O3. The highest BCUT2D eigenvalue weighted by Gasteiger charge is 2.64. The summed E-state index contributed by atoms with van der Waals surface area (Å²) in [4.78, 5) is 24.6. The molecule has 0 aliphatic carbocycles. The number of carbonyl (C=O) groups is 2. The second-order valence-corrected chi connectivity index (χ2v) is 6.73. The van der Waals surface area contributed by atoms with Crippen molar-refractivity contribution >= 4 is 22.8 Å². The molecule has 1 unspecified atom stereocenters. The van der Waals surface area contributed by atoms with Crippen molar-refractivity contribution in [1.29, 1.82) is 0 Å². The van der Waals surface area contributed by atoms with Crippen molar-refractivity contribution in [2.45, 2.75) is 25.4 Å². The molecule has 1 aromatic heterocycles. The first-order chi connectivity index (χ1) is 12.2. The second-order valence-electron chi connectivity index (χ2n) is 6.73. The quantitative estimate of drug-likeness (QED) is 0.903. The summed E-state index contributed by atoms with van der Waals surface area (Å²) in [6, 6.07) is 7.68. The minimum absolute atomic E-state index is 0.0432. The molecule has 0 bridgehead atoms. The Bertz CT molecular complexity index is 859. The molecule has 1 aromatic carbocycles. The van der Waals surface area contributed by atoms with E-state index in [4.69, 9.17) is 5.11 Å². The van der Waals surface area contributed by atoms with E-state index in [0.717, 1.165) is 21.4 Å². The van der Waals surface area contributed by atoms with Gasteiger partial charge in [-0.05, 0) is 24.5 Å². The monoisotopic (exact) mass is 368 g/mol. The zero-order valence-corrected chi connectivity index (χ0v) is 14.2. The molecular weight excluding hydrogens is 349 g/mol. The van der Waals surface area contributed by atoms with E-state index in [1.165, 1.54) is 0 Å². The van der Waals surface area contributed by atoms with Gasteiger partial charge in [0.25, 0.3) is 0 Å². The van der Waals surface area contributed by atoms with E-state index in [1.807, 2.05) is 42.1 Å². The predicted octanol–water partition coefficient (Wildman–Crippen LogP) is 2.98. The van der Waals surface area contributed by atoms with E-state index < -0.39 is 36.4 Å². The lowest BCUT2D eigenvalue weighted by molar-refractivity contribution is -0.227. The number of aryl methyl sites for hydroxylation is 2. The zero-order chi connectivity index (χ0) is 19.1. The molecule has 0 radical (unpaired) electrons. The Balaban J connectivity index is 1.70. The van der Waals surface area contributed by atoms with E-state index in [9.17, 15) is 22.8 Å². The van der Waals surface area contributed by atoms with Crippen molar-refractivity contribution in [3.63, 3.8) is 0 Å². The number of alkyl halides is 3. The normalized spacial score (nSPS) is 20.7. The molecule has 1 fully saturated rings. The average Bonchev–Trinajstić information content (AvgIpc) is 3.16. The molecule has 0 saturated carbocycles. The molecule has 8 heteroatoms. The topological polar surface area (TPSA) is 62.5 Å². The van der Waals surface area contributed by atoms with Gasteiger partial charge in [-0.25, -0.2) is 0 Å². The molecule has 140 valence electrons. The summed E-state index contributed by atoms with van der Waals surface area (Å²) in [5.74, 6) is -2.38. The van der Waals surface area contributed by atoms with E-state index in [0.29, 0.717) is 6.42 Å². The molecule has 1 saturated heterocycles. The minimum Gasteiger partial charge on any atom is -0.481 e. The number of hydrogen-bond acceptors (Lipinski definition) is 2. The number of carboxylic acids is 1. The van der Waals surface area contributed by atoms with Crippen LogP contribution in [0.15, 0.2) is 30.5 Å². The average molecular weight is 368 g/mol. The number of aliphatic carboxylic acids is 1. The molecule has 2 aromatic rings. The summed E-state index contributed by atoms with van der Waals surface area (Å²) in [6.07, 6.45) is -3.15. The summed E-state index contributed by atoms with van der Waals surface area (Å²) in [6.45, 7) is -1.01. The van der Waals surface area contributed by atoms with Gasteiger partial charge < -0.3 is 14.6 Å². The fraction of sp³-hybridized carbons (Fsp3) is 0.444. The number of carboxylic acid groups (broad SMARTS) is 1. The van der Waals surface area contributed by atoms with Crippen LogP contribution in [-0.2, 0) is 23.1 Å². The summed E-state index contributed by atoms with van der Waals surface area (Å²) in [7, 11) is 1.89. The smallest absolute Gasteiger partial charge is 0.406 e. The molecule has 3 rings (SSSR count). The SMILES string of the molecule is Cn1cc(CCC(=O)N2CCC(C(=O)O)(C(F)(F)F)C2)c2ccccc21. The Morgan fingerprint density at radius 3 is 2.58 bits per heavy atom. The number of likely N-dealkylation sites (tertiary alicyclic amines) is 1. The molecule has 1 aliphatic rings. The maximum atomic E-state index is 13.2. The van der Waals surface area contributed by atoms with E-state index in [2.05, 4.69) is 0 Å². The van der Waals surface area contributed by atoms with Crippen molar-refractivity contribution in [2.24, 2.45) is 12.5 Å². The molecule has 2 heterocycles. The number of benzene rings is 1. The van der Waals surface area contributed by atoms with Crippen molar-refractivity contribution in [3.05, 3.63) is 36.0 Å². The van der Waals surface area contributed by atoms with Crippen LogP contribution in [0.4, 0.5) is 13.2 Å². The van der Waals surface area contributed by atoms with Crippen molar-refractivity contribution in [2.75, 3.05) is 13.1 Å². The van der Waals surface area contributed by atoms with Gasteiger partial charge in [0.1, 0.15) is 0 Å². The third-order valence-electron chi connectivity index (χ3n) is 5.16. The lowest BCUT2D eigenvalue weighted by Gasteiger charge is -2.27. The summed E-state index contributed by atoms with van der Waals surface area (Å²) < 4.78 is 41.6. The minimum atomic E-state index is -4.89. The molecule has 26 heavy (non-hydrogen) atoms. The highest BCUT2D eigenvalue weighted by molar-refractivity contribution is 5.85. The molecule has 1 N–H and O–H groups in total. The van der Waals surface area contributed by atoms with Crippen LogP contribution in [0, 0.1) is 5.41 Å². The third-order valence-corrected chi connectivity index (χ3v) is 5.16. The largest absolute Gasteiger partial charge is 0.481 e. The Hall–Kier alpha value is -2.51. The number of rotatable bonds is 4. The van der Waals surface area contributed by atoms with Gasteiger partial charge in [0, 0.05) is 43.7 Å².